The highest BCUT2D eigenvalue weighted by molar-refractivity contribution is 4.98. The van der Waals surface area contributed by atoms with Crippen LogP contribution in [0.15, 0.2) is 23.3 Å². The molecule has 0 bridgehead atoms. The van der Waals surface area contributed by atoms with Crippen molar-refractivity contribution in [2.24, 2.45) is 0 Å². The molecule has 0 unspecified atom stereocenters. The third kappa shape index (κ3) is 27.6. The molecule has 0 rings (SSSR count). The van der Waals surface area contributed by atoms with Crippen LogP contribution in [0.4, 0.5) is 0 Å². The average molecular weight is 461 g/mol. The van der Waals surface area contributed by atoms with Gasteiger partial charge in [0.1, 0.15) is 0 Å². The van der Waals surface area contributed by atoms with Crippen LogP contribution in [0.25, 0.3) is 0 Å². The Bertz CT molecular complexity index is 387. The predicted octanol–water partition coefficient (Wildman–Crippen LogP) is 12.7. The molecule has 0 aromatic rings. The van der Waals surface area contributed by atoms with Crippen molar-refractivity contribution in [3.8, 4) is 0 Å². The van der Waals surface area contributed by atoms with Crippen molar-refractivity contribution in [2.45, 2.75) is 188 Å². The largest absolute Gasteiger partial charge is 0.0856 e. The minimum absolute atomic E-state index is 1.31. The zero-order chi connectivity index (χ0) is 24.2. The average Bonchev–Trinajstić information content (AvgIpc) is 2.81. The summed E-state index contributed by atoms with van der Waals surface area (Å²) in [4.78, 5) is 0. The Balaban J connectivity index is 3.39. The van der Waals surface area contributed by atoms with E-state index in [1.165, 1.54) is 161 Å². The summed E-state index contributed by atoms with van der Waals surface area (Å²) < 4.78 is 0. The van der Waals surface area contributed by atoms with Crippen LogP contribution in [0.5, 0.6) is 0 Å². The minimum Gasteiger partial charge on any atom is -0.0856 e. The first kappa shape index (κ1) is 32.5. The van der Waals surface area contributed by atoms with Crippen molar-refractivity contribution in [1.82, 2.24) is 0 Å². The van der Waals surface area contributed by atoms with Gasteiger partial charge in [-0.05, 0) is 65.2 Å². The van der Waals surface area contributed by atoms with E-state index in [1.807, 2.05) is 0 Å². The number of unbranched alkanes of at least 4 members (excludes halogenated alkanes) is 20. The number of rotatable bonds is 26. The van der Waals surface area contributed by atoms with Crippen molar-refractivity contribution < 1.29 is 0 Å². The summed E-state index contributed by atoms with van der Waals surface area (Å²) in [6, 6.07) is 0. The van der Waals surface area contributed by atoms with Crippen LogP contribution < -0.4 is 0 Å². The van der Waals surface area contributed by atoms with Crippen molar-refractivity contribution in [2.75, 3.05) is 0 Å². The van der Waals surface area contributed by atoms with E-state index in [9.17, 15) is 0 Å². The molecule has 0 nitrogen and oxygen atoms in total. The van der Waals surface area contributed by atoms with Crippen LogP contribution in [0.2, 0.25) is 0 Å². The fourth-order valence-corrected chi connectivity index (χ4v) is 4.80. The lowest BCUT2D eigenvalue weighted by atomic mass is 10.0. The first-order valence-corrected chi connectivity index (χ1v) is 15.5. The first-order chi connectivity index (χ1) is 16.2. The zero-order valence-electron chi connectivity index (χ0n) is 23.8. The van der Waals surface area contributed by atoms with Crippen LogP contribution in [-0.2, 0) is 0 Å². The maximum Gasteiger partial charge on any atom is -0.0323 e. The highest BCUT2D eigenvalue weighted by atomic mass is 14.0. The third-order valence-electron chi connectivity index (χ3n) is 7.24. The molecule has 0 N–H and O–H groups in total. The van der Waals surface area contributed by atoms with E-state index in [4.69, 9.17) is 0 Å². The van der Waals surface area contributed by atoms with Gasteiger partial charge in [0.05, 0.1) is 0 Å². The van der Waals surface area contributed by atoms with Crippen molar-refractivity contribution in [1.29, 1.82) is 0 Å². The molecule has 0 aromatic carbocycles. The highest BCUT2D eigenvalue weighted by Crippen LogP contribution is 2.16. The fraction of sp³-hybridized carbons (Fsp3) is 0.879. The van der Waals surface area contributed by atoms with Gasteiger partial charge in [0.2, 0.25) is 0 Å². The van der Waals surface area contributed by atoms with E-state index in [0.717, 1.165) is 0 Å². The first-order valence-electron chi connectivity index (χ1n) is 15.5. The molecule has 0 aliphatic rings. The Hall–Kier alpha value is -0.520. The van der Waals surface area contributed by atoms with Gasteiger partial charge in [-0.3, -0.25) is 0 Å². The fourth-order valence-electron chi connectivity index (χ4n) is 4.80. The van der Waals surface area contributed by atoms with Gasteiger partial charge in [0.25, 0.3) is 0 Å². The van der Waals surface area contributed by atoms with Crippen LogP contribution >= 0.6 is 0 Å². The lowest BCUT2D eigenvalue weighted by Crippen LogP contribution is -1.84. The monoisotopic (exact) mass is 461 g/mol. The summed E-state index contributed by atoms with van der Waals surface area (Å²) in [5.74, 6) is 0. The Morgan fingerprint density at radius 3 is 0.970 bits per heavy atom. The van der Waals surface area contributed by atoms with Gasteiger partial charge in [-0.2, -0.15) is 0 Å². The maximum atomic E-state index is 2.53. The second-order valence-corrected chi connectivity index (χ2v) is 10.9. The molecular formula is C33H64. The van der Waals surface area contributed by atoms with Gasteiger partial charge in [0, 0.05) is 0 Å². The number of hydrogen-bond donors (Lipinski definition) is 0. The van der Waals surface area contributed by atoms with E-state index in [1.54, 1.807) is 11.1 Å². The van der Waals surface area contributed by atoms with Gasteiger partial charge < -0.3 is 0 Å². The quantitative estimate of drug-likeness (QED) is 0.0888. The molecule has 0 aliphatic carbocycles. The zero-order valence-corrected chi connectivity index (χ0v) is 23.8. The molecule has 0 fully saturated rings. The summed E-state index contributed by atoms with van der Waals surface area (Å²) in [6.45, 7) is 9.30. The van der Waals surface area contributed by atoms with Gasteiger partial charge in [-0.25, -0.2) is 0 Å². The van der Waals surface area contributed by atoms with Crippen molar-refractivity contribution >= 4 is 0 Å². The van der Waals surface area contributed by atoms with E-state index < -0.39 is 0 Å². The van der Waals surface area contributed by atoms with Gasteiger partial charge in [-0.15, -0.1) is 0 Å². The highest BCUT2D eigenvalue weighted by Gasteiger charge is 1.96. The Morgan fingerprint density at radius 1 is 0.364 bits per heavy atom. The Kier molecular flexibility index (Phi) is 27.3. The van der Waals surface area contributed by atoms with E-state index in [2.05, 4.69) is 39.8 Å². The van der Waals surface area contributed by atoms with Crippen LogP contribution in [0.1, 0.15) is 188 Å². The number of hydrogen-bond acceptors (Lipinski definition) is 0. The molecule has 0 heterocycles. The second-order valence-electron chi connectivity index (χ2n) is 10.9. The Morgan fingerprint density at radius 2 is 0.636 bits per heavy atom. The summed E-state index contributed by atoms with van der Waals surface area (Å²) in [5.41, 5.74) is 3.27. The lowest BCUT2D eigenvalue weighted by molar-refractivity contribution is 0.574. The lowest BCUT2D eigenvalue weighted by Gasteiger charge is -2.04. The standard InChI is InChI=1S/C33H64/c1-5-7-9-11-13-16-20-24-28-32(3)30-26-22-18-15-19-23-27-31-33(4)29-25-21-17-14-12-10-8-6-2/h30-31H,5-29H2,1-4H3. The molecule has 0 radical (unpaired) electrons. The normalized spacial score (nSPS) is 12.6. The molecule has 0 amide bonds. The summed E-state index contributed by atoms with van der Waals surface area (Å²) in [5, 5.41) is 0. The topological polar surface area (TPSA) is 0 Å². The molecular weight excluding hydrogens is 396 g/mol. The third-order valence-corrected chi connectivity index (χ3v) is 7.24. The van der Waals surface area contributed by atoms with Crippen molar-refractivity contribution in [3.05, 3.63) is 23.3 Å². The molecule has 33 heavy (non-hydrogen) atoms. The molecule has 0 aromatic heterocycles. The maximum absolute atomic E-state index is 2.53. The molecule has 0 spiro atoms. The van der Waals surface area contributed by atoms with E-state index in [0.29, 0.717) is 0 Å². The second kappa shape index (κ2) is 27.7. The van der Waals surface area contributed by atoms with Crippen molar-refractivity contribution in [3.63, 3.8) is 0 Å². The van der Waals surface area contributed by atoms with Crippen LogP contribution in [0, 0.1) is 0 Å². The van der Waals surface area contributed by atoms with E-state index in [-0.39, 0.29) is 0 Å². The van der Waals surface area contributed by atoms with Gasteiger partial charge in [-0.1, -0.05) is 146 Å². The van der Waals surface area contributed by atoms with Gasteiger partial charge in [0.15, 0.2) is 0 Å². The smallest absolute Gasteiger partial charge is 0.0323 e. The van der Waals surface area contributed by atoms with Crippen LogP contribution in [0.3, 0.4) is 0 Å². The molecule has 0 atom stereocenters. The van der Waals surface area contributed by atoms with E-state index >= 15 is 0 Å². The summed E-state index contributed by atoms with van der Waals surface area (Å²) in [7, 11) is 0. The predicted molar refractivity (Wildman–Crippen MR) is 154 cm³/mol. The van der Waals surface area contributed by atoms with Crippen LogP contribution in [-0.4, -0.2) is 0 Å². The minimum atomic E-state index is 1.31. The molecule has 0 saturated carbocycles. The molecule has 0 heteroatoms. The molecule has 196 valence electrons. The van der Waals surface area contributed by atoms with Gasteiger partial charge >= 0.3 is 0 Å². The molecule has 0 aliphatic heterocycles. The SMILES string of the molecule is CCCCCCCCCCC(C)=CCCCCCCCC=C(C)CCCCCCCCCC. The summed E-state index contributed by atoms with van der Waals surface area (Å²) >= 11 is 0. The Labute approximate surface area is 211 Å². The molecule has 0 saturated heterocycles. The summed E-state index contributed by atoms with van der Waals surface area (Å²) in [6.07, 6.45) is 40.3. The number of allylic oxidation sites excluding steroid dienone is 4.